The van der Waals surface area contributed by atoms with Crippen molar-refractivity contribution in [1.29, 1.82) is 0 Å². The fourth-order valence-corrected chi connectivity index (χ4v) is 1.59. The molecule has 9 heavy (non-hydrogen) atoms. The third-order valence-electron chi connectivity index (χ3n) is 1.57. The number of hydrogen-bond acceptors (Lipinski definition) is 2. The maximum Gasteiger partial charge on any atom is 0.151 e. The van der Waals surface area contributed by atoms with E-state index in [9.17, 15) is 0 Å². The molecule has 0 atom stereocenters. The van der Waals surface area contributed by atoms with E-state index in [0.29, 0.717) is 0 Å². The minimum Gasteiger partial charge on any atom is -0.248 e. The van der Waals surface area contributed by atoms with Crippen molar-refractivity contribution in [3.63, 3.8) is 0 Å². The Morgan fingerprint density at radius 2 is 2.44 bits per heavy atom. The van der Waals surface area contributed by atoms with Crippen molar-refractivity contribution in [3.8, 4) is 0 Å². The fraction of sp³-hybridized carbons (Fsp3) is 0.600. The topological polar surface area (TPSA) is 30.7 Å². The normalized spacial score (nSPS) is 16.1. The van der Waals surface area contributed by atoms with Gasteiger partial charge in [0.1, 0.15) is 0 Å². The number of nitrogens with zero attached hydrogens (tertiary/aromatic N) is 3. The zero-order chi connectivity index (χ0) is 6.27. The van der Waals surface area contributed by atoms with Gasteiger partial charge in [-0.05, 0) is 28.8 Å². The Morgan fingerprint density at radius 3 is 3.22 bits per heavy atom. The SMILES string of the molecule is Brc1nnn2c1CCC2. The number of halogens is 1. The van der Waals surface area contributed by atoms with Crippen LogP contribution in [0.4, 0.5) is 0 Å². The highest BCUT2D eigenvalue weighted by Crippen LogP contribution is 2.19. The zero-order valence-corrected chi connectivity index (χ0v) is 6.43. The maximum absolute atomic E-state index is 3.92. The van der Waals surface area contributed by atoms with Crippen LogP contribution in [-0.4, -0.2) is 15.0 Å². The fourth-order valence-electron chi connectivity index (χ4n) is 1.12. The van der Waals surface area contributed by atoms with E-state index in [-0.39, 0.29) is 0 Å². The van der Waals surface area contributed by atoms with Crippen LogP contribution < -0.4 is 0 Å². The van der Waals surface area contributed by atoms with E-state index in [2.05, 4.69) is 26.2 Å². The molecule has 2 rings (SSSR count). The Hall–Kier alpha value is -0.380. The highest BCUT2D eigenvalue weighted by atomic mass is 79.9. The van der Waals surface area contributed by atoms with Gasteiger partial charge < -0.3 is 0 Å². The summed E-state index contributed by atoms with van der Waals surface area (Å²) >= 11 is 3.32. The molecule has 48 valence electrons. The van der Waals surface area contributed by atoms with Gasteiger partial charge in [-0.1, -0.05) is 5.21 Å². The Bertz CT molecular complexity index is 230. The standard InChI is InChI=1S/C5H6BrN3/c6-5-4-2-1-3-9(4)8-7-5/h1-3H2. The molecule has 1 aliphatic rings. The molecule has 1 aromatic heterocycles. The summed E-state index contributed by atoms with van der Waals surface area (Å²) in [5.74, 6) is 0. The molecular weight excluding hydrogens is 182 g/mol. The molecule has 0 fully saturated rings. The Balaban J connectivity index is 2.56. The van der Waals surface area contributed by atoms with E-state index >= 15 is 0 Å². The van der Waals surface area contributed by atoms with Crippen LogP contribution >= 0.6 is 15.9 Å². The molecule has 2 heterocycles. The predicted octanol–water partition coefficient (Wildman–Crippen LogP) is 0.987. The lowest BCUT2D eigenvalue weighted by atomic mass is 10.3. The first-order chi connectivity index (χ1) is 4.38. The lowest BCUT2D eigenvalue weighted by Gasteiger charge is -1.86. The second kappa shape index (κ2) is 1.80. The van der Waals surface area contributed by atoms with Crippen LogP contribution in [0, 0.1) is 0 Å². The number of fused-ring (bicyclic) bond motifs is 1. The molecule has 0 aromatic carbocycles. The van der Waals surface area contributed by atoms with E-state index in [4.69, 9.17) is 0 Å². The van der Waals surface area contributed by atoms with Gasteiger partial charge in [0.25, 0.3) is 0 Å². The van der Waals surface area contributed by atoms with Crippen LogP contribution in [0.3, 0.4) is 0 Å². The maximum atomic E-state index is 3.92. The minimum atomic E-state index is 0.917. The molecule has 0 radical (unpaired) electrons. The van der Waals surface area contributed by atoms with E-state index < -0.39 is 0 Å². The quantitative estimate of drug-likeness (QED) is 0.607. The number of hydrogen-bond donors (Lipinski definition) is 0. The summed E-state index contributed by atoms with van der Waals surface area (Å²) in [5.41, 5.74) is 1.25. The number of rotatable bonds is 0. The van der Waals surface area contributed by atoms with E-state index in [1.807, 2.05) is 4.68 Å². The van der Waals surface area contributed by atoms with Crippen molar-refractivity contribution >= 4 is 15.9 Å². The van der Waals surface area contributed by atoms with Crippen molar-refractivity contribution in [2.75, 3.05) is 0 Å². The first-order valence-electron chi connectivity index (χ1n) is 2.96. The third-order valence-corrected chi connectivity index (χ3v) is 2.19. The lowest BCUT2D eigenvalue weighted by molar-refractivity contribution is 0.623. The molecule has 4 heteroatoms. The summed E-state index contributed by atoms with van der Waals surface area (Å²) in [7, 11) is 0. The zero-order valence-electron chi connectivity index (χ0n) is 4.84. The van der Waals surface area contributed by atoms with E-state index in [0.717, 1.165) is 17.6 Å². The minimum absolute atomic E-state index is 0.917. The summed E-state index contributed by atoms with van der Waals surface area (Å²) in [6.07, 6.45) is 2.33. The van der Waals surface area contributed by atoms with Gasteiger partial charge in [-0.2, -0.15) is 0 Å². The van der Waals surface area contributed by atoms with Crippen LogP contribution in [0.2, 0.25) is 0 Å². The molecule has 0 unspecified atom stereocenters. The van der Waals surface area contributed by atoms with Gasteiger partial charge in [0.2, 0.25) is 0 Å². The van der Waals surface area contributed by atoms with Gasteiger partial charge in [0, 0.05) is 6.54 Å². The molecule has 0 aliphatic carbocycles. The number of aromatic nitrogens is 3. The molecule has 1 aliphatic heterocycles. The molecule has 1 aromatic rings. The Morgan fingerprint density at radius 1 is 1.56 bits per heavy atom. The lowest BCUT2D eigenvalue weighted by Crippen LogP contribution is -1.93. The van der Waals surface area contributed by atoms with Crippen molar-refractivity contribution < 1.29 is 0 Å². The first-order valence-corrected chi connectivity index (χ1v) is 3.75. The molecular formula is C5H6BrN3. The van der Waals surface area contributed by atoms with Crippen LogP contribution in [0.25, 0.3) is 0 Å². The molecule has 0 saturated carbocycles. The highest BCUT2D eigenvalue weighted by Gasteiger charge is 2.15. The summed E-state index contributed by atoms with van der Waals surface area (Å²) in [5, 5.41) is 7.78. The second-order valence-electron chi connectivity index (χ2n) is 2.15. The average molecular weight is 188 g/mol. The summed E-state index contributed by atoms with van der Waals surface area (Å²) in [6.45, 7) is 1.04. The van der Waals surface area contributed by atoms with Gasteiger partial charge in [-0.3, -0.25) is 0 Å². The van der Waals surface area contributed by atoms with Gasteiger partial charge in [-0.25, -0.2) is 4.68 Å². The largest absolute Gasteiger partial charge is 0.248 e. The van der Waals surface area contributed by atoms with Crippen LogP contribution in [0.15, 0.2) is 4.60 Å². The molecule has 0 amide bonds. The van der Waals surface area contributed by atoms with Gasteiger partial charge >= 0.3 is 0 Å². The Kier molecular flexibility index (Phi) is 1.08. The van der Waals surface area contributed by atoms with Crippen molar-refractivity contribution in [1.82, 2.24) is 15.0 Å². The van der Waals surface area contributed by atoms with Gasteiger partial charge in [-0.15, -0.1) is 5.10 Å². The summed E-state index contributed by atoms with van der Waals surface area (Å²) in [6, 6.07) is 0. The predicted molar refractivity (Wildman–Crippen MR) is 36.0 cm³/mol. The third kappa shape index (κ3) is 0.694. The van der Waals surface area contributed by atoms with Gasteiger partial charge in [0.15, 0.2) is 4.60 Å². The molecule has 0 bridgehead atoms. The monoisotopic (exact) mass is 187 g/mol. The Labute approximate surface area is 61.2 Å². The second-order valence-corrected chi connectivity index (χ2v) is 2.90. The van der Waals surface area contributed by atoms with Crippen molar-refractivity contribution in [2.24, 2.45) is 0 Å². The molecule has 0 N–H and O–H groups in total. The molecule has 0 spiro atoms. The van der Waals surface area contributed by atoms with Crippen molar-refractivity contribution in [3.05, 3.63) is 10.3 Å². The van der Waals surface area contributed by atoms with Crippen LogP contribution in [-0.2, 0) is 13.0 Å². The average Bonchev–Trinajstić information content (AvgIpc) is 2.35. The highest BCUT2D eigenvalue weighted by molar-refractivity contribution is 9.10. The molecule has 0 saturated heterocycles. The number of aryl methyl sites for hydroxylation is 1. The summed E-state index contributed by atoms with van der Waals surface area (Å²) < 4.78 is 2.87. The van der Waals surface area contributed by atoms with Crippen molar-refractivity contribution in [2.45, 2.75) is 19.4 Å². The smallest absolute Gasteiger partial charge is 0.151 e. The van der Waals surface area contributed by atoms with E-state index in [1.165, 1.54) is 12.1 Å². The van der Waals surface area contributed by atoms with Crippen LogP contribution in [0.5, 0.6) is 0 Å². The van der Waals surface area contributed by atoms with E-state index in [1.54, 1.807) is 0 Å². The summed E-state index contributed by atoms with van der Waals surface area (Å²) in [4.78, 5) is 0. The first kappa shape index (κ1) is 5.41. The molecule has 3 nitrogen and oxygen atoms in total. The van der Waals surface area contributed by atoms with Crippen LogP contribution in [0.1, 0.15) is 12.1 Å². The van der Waals surface area contributed by atoms with Gasteiger partial charge in [0.05, 0.1) is 5.69 Å².